The first-order valence-corrected chi connectivity index (χ1v) is 7.76. The number of amides is 1. The molecule has 0 aromatic rings. The summed E-state index contributed by atoms with van der Waals surface area (Å²) in [6, 6.07) is 0.557. The number of rotatable bonds is 4. The summed E-state index contributed by atoms with van der Waals surface area (Å²) in [4.78, 5) is 19.3. The molecule has 2 aliphatic rings. The van der Waals surface area contributed by atoms with Gasteiger partial charge in [0.1, 0.15) is 0 Å². The normalized spacial score (nSPS) is 25.7. The van der Waals surface area contributed by atoms with Crippen LogP contribution >= 0.6 is 0 Å². The highest BCUT2D eigenvalue weighted by molar-refractivity contribution is 5.76. The maximum Gasteiger partial charge on any atom is 0.222 e. The smallest absolute Gasteiger partial charge is 0.222 e. The largest absolute Gasteiger partial charge is 0.340 e. The summed E-state index contributed by atoms with van der Waals surface area (Å²) in [7, 11) is 2.18. The lowest BCUT2D eigenvalue weighted by Gasteiger charge is -2.46. The minimum atomic E-state index is 0.369. The van der Waals surface area contributed by atoms with E-state index in [4.69, 9.17) is 0 Å². The summed E-state index contributed by atoms with van der Waals surface area (Å²) in [5, 5.41) is 0. The molecule has 2 aliphatic heterocycles. The van der Waals surface area contributed by atoms with Gasteiger partial charge in [-0.2, -0.15) is 0 Å². The minimum absolute atomic E-state index is 0.369. The van der Waals surface area contributed by atoms with Crippen molar-refractivity contribution in [1.29, 1.82) is 0 Å². The van der Waals surface area contributed by atoms with Crippen molar-refractivity contribution in [3.05, 3.63) is 0 Å². The molecule has 110 valence electrons. The number of hydrogen-bond acceptors (Lipinski definition) is 3. The lowest BCUT2D eigenvalue weighted by atomic mass is 10.0. The van der Waals surface area contributed by atoms with Crippen LogP contribution in [0.5, 0.6) is 0 Å². The van der Waals surface area contributed by atoms with Gasteiger partial charge in [-0.05, 0) is 19.4 Å². The summed E-state index contributed by atoms with van der Waals surface area (Å²) in [5.41, 5.74) is 0. The van der Waals surface area contributed by atoms with Crippen LogP contribution in [0.4, 0.5) is 0 Å². The van der Waals surface area contributed by atoms with Crippen molar-refractivity contribution in [3.63, 3.8) is 0 Å². The molecular formula is C15H29N3O. The van der Waals surface area contributed by atoms with Gasteiger partial charge in [0, 0.05) is 51.7 Å². The standard InChI is InChI=1S/C15H29N3O/c1-13(2)5-4-6-15(19)18-10-9-17-8-7-16(3)11-14(17)12-18/h13-14H,4-12H2,1-3H3/t14-/m0/s1. The van der Waals surface area contributed by atoms with E-state index >= 15 is 0 Å². The molecular weight excluding hydrogens is 238 g/mol. The predicted molar refractivity (Wildman–Crippen MR) is 78.1 cm³/mol. The quantitative estimate of drug-likeness (QED) is 0.767. The molecule has 0 unspecified atom stereocenters. The first-order valence-electron chi connectivity index (χ1n) is 7.76. The Morgan fingerprint density at radius 2 is 1.89 bits per heavy atom. The molecule has 0 N–H and O–H groups in total. The average molecular weight is 267 g/mol. The van der Waals surface area contributed by atoms with Crippen molar-refractivity contribution in [3.8, 4) is 0 Å². The Kier molecular flexibility index (Phi) is 5.22. The second-order valence-corrected chi connectivity index (χ2v) is 6.58. The highest BCUT2D eigenvalue weighted by Gasteiger charge is 2.32. The summed E-state index contributed by atoms with van der Waals surface area (Å²) in [6.07, 6.45) is 2.94. The van der Waals surface area contributed by atoms with Gasteiger partial charge in [0.15, 0.2) is 0 Å². The number of likely N-dealkylation sites (N-methyl/N-ethyl adjacent to an activating group) is 1. The van der Waals surface area contributed by atoms with E-state index in [9.17, 15) is 4.79 Å². The summed E-state index contributed by atoms with van der Waals surface area (Å²) in [6.45, 7) is 10.8. The zero-order valence-electron chi connectivity index (χ0n) is 12.8. The fourth-order valence-corrected chi connectivity index (χ4v) is 3.16. The number of nitrogens with zero attached hydrogens (tertiary/aromatic N) is 3. The zero-order chi connectivity index (χ0) is 13.8. The van der Waals surface area contributed by atoms with Crippen LogP contribution in [0.1, 0.15) is 33.1 Å². The van der Waals surface area contributed by atoms with Crippen LogP contribution < -0.4 is 0 Å². The minimum Gasteiger partial charge on any atom is -0.340 e. The van der Waals surface area contributed by atoms with Gasteiger partial charge in [0.25, 0.3) is 0 Å². The molecule has 2 heterocycles. The SMILES string of the molecule is CC(C)CCCC(=O)N1CCN2CCN(C)C[C@H]2C1. The van der Waals surface area contributed by atoms with Crippen molar-refractivity contribution >= 4 is 5.91 Å². The number of fused-ring (bicyclic) bond motifs is 1. The summed E-state index contributed by atoms with van der Waals surface area (Å²) < 4.78 is 0. The highest BCUT2D eigenvalue weighted by atomic mass is 16.2. The molecule has 2 saturated heterocycles. The van der Waals surface area contributed by atoms with E-state index in [0.29, 0.717) is 17.9 Å². The third-order valence-corrected chi connectivity index (χ3v) is 4.42. The number of hydrogen-bond donors (Lipinski definition) is 0. The molecule has 0 aromatic carbocycles. The Bertz CT molecular complexity index is 306. The Morgan fingerprint density at radius 1 is 1.16 bits per heavy atom. The van der Waals surface area contributed by atoms with Crippen LogP contribution in [0.3, 0.4) is 0 Å². The van der Waals surface area contributed by atoms with E-state index in [-0.39, 0.29) is 0 Å². The van der Waals surface area contributed by atoms with E-state index in [1.807, 2.05) is 0 Å². The van der Waals surface area contributed by atoms with Crippen LogP contribution in [-0.4, -0.2) is 73.0 Å². The molecule has 4 nitrogen and oxygen atoms in total. The molecule has 2 fully saturated rings. The van der Waals surface area contributed by atoms with Gasteiger partial charge in [0.2, 0.25) is 5.91 Å². The van der Waals surface area contributed by atoms with Gasteiger partial charge in [-0.25, -0.2) is 0 Å². The van der Waals surface area contributed by atoms with Crippen molar-refractivity contribution < 1.29 is 4.79 Å². The number of carbonyl (C=O) groups excluding carboxylic acids is 1. The topological polar surface area (TPSA) is 26.8 Å². The number of carbonyl (C=O) groups is 1. The first-order chi connectivity index (χ1) is 9.06. The Morgan fingerprint density at radius 3 is 2.63 bits per heavy atom. The molecule has 2 rings (SSSR count). The maximum absolute atomic E-state index is 12.2. The van der Waals surface area contributed by atoms with Crippen molar-refractivity contribution in [2.45, 2.75) is 39.2 Å². The second-order valence-electron chi connectivity index (χ2n) is 6.58. The van der Waals surface area contributed by atoms with Gasteiger partial charge in [-0.1, -0.05) is 20.3 Å². The van der Waals surface area contributed by atoms with E-state index in [2.05, 4.69) is 35.6 Å². The monoisotopic (exact) mass is 267 g/mol. The van der Waals surface area contributed by atoms with Crippen LogP contribution in [0, 0.1) is 5.92 Å². The molecule has 1 amide bonds. The van der Waals surface area contributed by atoms with E-state index in [1.165, 1.54) is 6.54 Å². The van der Waals surface area contributed by atoms with E-state index in [1.54, 1.807) is 0 Å². The molecule has 0 spiro atoms. The zero-order valence-corrected chi connectivity index (χ0v) is 12.8. The first kappa shape index (κ1) is 14.8. The average Bonchev–Trinajstić information content (AvgIpc) is 2.37. The molecule has 0 aromatic heterocycles. The lowest BCUT2D eigenvalue weighted by molar-refractivity contribution is -0.135. The van der Waals surface area contributed by atoms with Crippen molar-refractivity contribution in [2.75, 3.05) is 46.3 Å². The maximum atomic E-state index is 12.2. The van der Waals surface area contributed by atoms with Crippen LogP contribution in [-0.2, 0) is 4.79 Å². The predicted octanol–water partition coefficient (Wildman–Crippen LogP) is 1.27. The van der Waals surface area contributed by atoms with Gasteiger partial charge in [-0.15, -0.1) is 0 Å². The third-order valence-electron chi connectivity index (χ3n) is 4.42. The Labute approximate surface area is 117 Å². The van der Waals surface area contributed by atoms with Crippen molar-refractivity contribution in [2.24, 2.45) is 5.92 Å². The summed E-state index contributed by atoms with van der Waals surface area (Å²) in [5.74, 6) is 1.07. The lowest BCUT2D eigenvalue weighted by Crippen LogP contribution is -2.62. The highest BCUT2D eigenvalue weighted by Crippen LogP contribution is 2.16. The summed E-state index contributed by atoms with van der Waals surface area (Å²) >= 11 is 0. The van der Waals surface area contributed by atoms with Crippen molar-refractivity contribution in [1.82, 2.24) is 14.7 Å². The van der Waals surface area contributed by atoms with Crippen LogP contribution in [0.15, 0.2) is 0 Å². The fourth-order valence-electron chi connectivity index (χ4n) is 3.16. The fraction of sp³-hybridized carbons (Fsp3) is 0.933. The molecule has 19 heavy (non-hydrogen) atoms. The Balaban J connectivity index is 1.77. The molecule has 0 bridgehead atoms. The van der Waals surface area contributed by atoms with Gasteiger partial charge in [-0.3, -0.25) is 9.69 Å². The van der Waals surface area contributed by atoms with Gasteiger partial charge >= 0.3 is 0 Å². The van der Waals surface area contributed by atoms with Crippen LogP contribution in [0.25, 0.3) is 0 Å². The Hall–Kier alpha value is -0.610. The molecule has 0 saturated carbocycles. The third kappa shape index (κ3) is 4.18. The van der Waals surface area contributed by atoms with Gasteiger partial charge in [0.05, 0.1) is 0 Å². The van der Waals surface area contributed by atoms with Crippen LogP contribution in [0.2, 0.25) is 0 Å². The van der Waals surface area contributed by atoms with Gasteiger partial charge < -0.3 is 9.80 Å². The molecule has 1 atom stereocenters. The van der Waals surface area contributed by atoms with E-state index < -0.39 is 0 Å². The molecule has 0 radical (unpaired) electrons. The number of piperazine rings is 2. The van der Waals surface area contributed by atoms with E-state index in [0.717, 1.165) is 52.0 Å². The second kappa shape index (κ2) is 6.71. The molecule has 4 heteroatoms. The molecule has 0 aliphatic carbocycles.